The minimum atomic E-state index is -1.36. The second-order valence-corrected chi connectivity index (χ2v) is 4.93. The van der Waals surface area contributed by atoms with E-state index in [4.69, 9.17) is 9.63 Å². The number of alkyl halides is 1. The van der Waals surface area contributed by atoms with Crippen molar-refractivity contribution in [3.8, 4) is 11.3 Å². The summed E-state index contributed by atoms with van der Waals surface area (Å²) >= 11 is 0. The van der Waals surface area contributed by atoms with Crippen molar-refractivity contribution in [2.75, 3.05) is 0 Å². The van der Waals surface area contributed by atoms with Gasteiger partial charge >= 0.3 is 5.97 Å². The standard InChI is InChI=1S/C14H14FNO3/c1-14(2,15)8-9-5-3-4-6-10(9)12-7-11(13(17)18)16-19-12/h3-7H,8H2,1-2H3,(H,17,18). The van der Waals surface area contributed by atoms with Gasteiger partial charge in [0.05, 0.1) is 0 Å². The van der Waals surface area contributed by atoms with Crippen molar-refractivity contribution in [3.05, 3.63) is 41.6 Å². The summed E-state index contributed by atoms with van der Waals surface area (Å²) in [4.78, 5) is 10.8. The van der Waals surface area contributed by atoms with Crippen molar-refractivity contribution in [2.24, 2.45) is 0 Å². The average Bonchev–Trinajstić information content (AvgIpc) is 2.76. The highest BCUT2D eigenvalue weighted by molar-refractivity contribution is 5.86. The van der Waals surface area contributed by atoms with E-state index in [9.17, 15) is 9.18 Å². The van der Waals surface area contributed by atoms with Crippen LogP contribution in [0.2, 0.25) is 0 Å². The number of halogens is 1. The van der Waals surface area contributed by atoms with Crippen molar-refractivity contribution in [2.45, 2.75) is 25.9 Å². The minimum Gasteiger partial charge on any atom is -0.476 e. The van der Waals surface area contributed by atoms with Crippen LogP contribution in [0.15, 0.2) is 34.9 Å². The molecule has 1 aromatic heterocycles. The van der Waals surface area contributed by atoms with Crippen LogP contribution < -0.4 is 0 Å². The summed E-state index contributed by atoms with van der Waals surface area (Å²) in [6, 6.07) is 8.48. The fourth-order valence-corrected chi connectivity index (χ4v) is 1.87. The SMILES string of the molecule is CC(C)(F)Cc1ccccc1-c1cc(C(=O)O)no1. The normalized spacial score (nSPS) is 11.5. The molecule has 19 heavy (non-hydrogen) atoms. The monoisotopic (exact) mass is 263 g/mol. The summed E-state index contributed by atoms with van der Waals surface area (Å²) in [5.74, 6) is -0.824. The molecule has 1 heterocycles. The number of carboxylic acid groups (broad SMARTS) is 1. The minimum absolute atomic E-state index is 0.163. The molecule has 0 saturated carbocycles. The smallest absolute Gasteiger partial charge is 0.358 e. The van der Waals surface area contributed by atoms with Crippen LogP contribution in [0.1, 0.15) is 29.9 Å². The first kappa shape index (κ1) is 13.3. The Morgan fingerprint density at radius 2 is 2.11 bits per heavy atom. The topological polar surface area (TPSA) is 63.3 Å². The lowest BCUT2D eigenvalue weighted by atomic mass is 9.95. The summed E-state index contributed by atoms with van der Waals surface area (Å²) in [7, 11) is 0. The quantitative estimate of drug-likeness (QED) is 0.919. The Morgan fingerprint density at radius 1 is 1.42 bits per heavy atom. The number of hydrogen-bond donors (Lipinski definition) is 1. The Kier molecular flexibility index (Phi) is 3.38. The van der Waals surface area contributed by atoms with Crippen LogP contribution in [0.4, 0.5) is 4.39 Å². The van der Waals surface area contributed by atoms with E-state index in [1.54, 1.807) is 24.3 Å². The van der Waals surface area contributed by atoms with Gasteiger partial charge in [0.1, 0.15) is 5.67 Å². The second-order valence-electron chi connectivity index (χ2n) is 4.93. The molecule has 4 nitrogen and oxygen atoms in total. The van der Waals surface area contributed by atoms with Crippen LogP contribution in [0.3, 0.4) is 0 Å². The molecular formula is C14H14FNO3. The summed E-state index contributed by atoms with van der Waals surface area (Å²) in [5, 5.41) is 12.3. The van der Waals surface area contributed by atoms with Crippen LogP contribution in [-0.2, 0) is 6.42 Å². The lowest BCUT2D eigenvalue weighted by Crippen LogP contribution is -2.16. The third-order valence-electron chi connectivity index (χ3n) is 2.62. The molecule has 0 unspecified atom stereocenters. The summed E-state index contributed by atoms with van der Waals surface area (Å²) in [5.41, 5.74) is -0.105. The molecule has 0 fully saturated rings. The van der Waals surface area contributed by atoms with E-state index in [1.165, 1.54) is 19.9 Å². The lowest BCUT2D eigenvalue weighted by molar-refractivity contribution is 0.0686. The van der Waals surface area contributed by atoms with Crippen LogP contribution >= 0.6 is 0 Å². The zero-order valence-corrected chi connectivity index (χ0v) is 10.7. The largest absolute Gasteiger partial charge is 0.476 e. The van der Waals surface area contributed by atoms with Crippen molar-refractivity contribution in [1.82, 2.24) is 5.16 Å². The molecule has 1 N–H and O–H groups in total. The van der Waals surface area contributed by atoms with Crippen molar-refractivity contribution < 1.29 is 18.8 Å². The molecule has 2 aromatic rings. The van der Waals surface area contributed by atoms with E-state index in [2.05, 4.69) is 5.16 Å². The molecule has 2 rings (SSSR count). The molecule has 0 radical (unpaired) electrons. The van der Waals surface area contributed by atoms with Gasteiger partial charge in [0.25, 0.3) is 0 Å². The fraction of sp³-hybridized carbons (Fsp3) is 0.286. The Labute approximate surface area is 109 Å². The number of aromatic carboxylic acids is 1. The first-order valence-corrected chi connectivity index (χ1v) is 5.84. The second kappa shape index (κ2) is 4.84. The Morgan fingerprint density at radius 3 is 2.68 bits per heavy atom. The Hall–Kier alpha value is -2.17. The molecule has 5 heteroatoms. The van der Waals surface area contributed by atoms with Gasteiger partial charge in [-0.3, -0.25) is 0 Å². The number of nitrogens with zero attached hydrogens (tertiary/aromatic N) is 1. The highest BCUT2D eigenvalue weighted by Gasteiger charge is 2.20. The van der Waals surface area contributed by atoms with Crippen LogP contribution in [-0.4, -0.2) is 21.9 Å². The zero-order chi connectivity index (χ0) is 14.0. The van der Waals surface area contributed by atoms with E-state index in [0.29, 0.717) is 11.3 Å². The molecule has 0 aliphatic carbocycles. The van der Waals surface area contributed by atoms with E-state index >= 15 is 0 Å². The molecule has 0 aliphatic rings. The average molecular weight is 263 g/mol. The zero-order valence-electron chi connectivity index (χ0n) is 10.7. The van der Waals surface area contributed by atoms with Crippen LogP contribution in [0, 0.1) is 0 Å². The van der Waals surface area contributed by atoms with Gasteiger partial charge < -0.3 is 9.63 Å². The van der Waals surface area contributed by atoms with Gasteiger partial charge in [0.15, 0.2) is 11.5 Å². The van der Waals surface area contributed by atoms with Crippen molar-refractivity contribution in [3.63, 3.8) is 0 Å². The Balaban J connectivity index is 2.41. The van der Waals surface area contributed by atoms with Gasteiger partial charge in [0.2, 0.25) is 0 Å². The number of rotatable bonds is 4. The van der Waals surface area contributed by atoms with Gasteiger partial charge in [-0.2, -0.15) is 0 Å². The van der Waals surface area contributed by atoms with E-state index in [0.717, 1.165) is 5.56 Å². The molecular weight excluding hydrogens is 249 g/mol. The predicted octanol–water partition coefficient (Wildman–Crippen LogP) is 3.33. The van der Waals surface area contributed by atoms with E-state index in [-0.39, 0.29) is 12.1 Å². The number of carboxylic acids is 1. The molecule has 0 bridgehead atoms. The number of benzene rings is 1. The highest BCUT2D eigenvalue weighted by atomic mass is 19.1. The van der Waals surface area contributed by atoms with Gasteiger partial charge in [-0.15, -0.1) is 0 Å². The van der Waals surface area contributed by atoms with Crippen LogP contribution in [0.25, 0.3) is 11.3 Å². The molecule has 0 atom stereocenters. The lowest BCUT2D eigenvalue weighted by Gasteiger charge is -2.15. The first-order chi connectivity index (χ1) is 8.87. The van der Waals surface area contributed by atoms with Crippen molar-refractivity contribution in [1.29, 1.82) is 0 Å². The number of aromatic nitrogens is 1. The summed E-state index contributed by atoms with van der Waals surface area (Å²) in [6.45, 7) is 2.99. The van der Waals surface area contributed by atoms with Crippen molar-refractivity contribution >= 4 is 5.97 Å². The summed E-state index contributed by atoms with van der Waals surface area (Å²) < 4.78 is 18.8. The third kappa shape index (κ3) is 3.19. The molecule has 0 saturated heterocycles. The van der Waals surface area contributed by atoms with E-state index < -0.39 is 11.6 Å². The predicted molar refractivity (Wildman–Crippen MR) is 67.8 cm³/mol. The number of hydrogen-bond acceptors (Lipinski definition) is 3. The van der Waals surface area contributed by atoms with E-state index in [1.807, 2.05) is 0 Å². The fourth-order valence-electron chi connectivity index (χ4n) is 1.87. The summed E-state index contributed by atoms with van der Waals surface area (Å²) in [6.07, 6.45) is 0.215. The first-order valence-electron chi connectivity index (χ1n) is 5.84. The molecule has 0 amide bonds. The van der Waals surface area contributed by atoms with Crippen LogP contribution in [0.5, 0.6) is 0 Å². The number of carbonyl (C=O) groups is 1. The highest BCUT2D eigenvalue weighted by Crippen LogP contribution is 2.28. The maximum absolute atomic E-state index is 13.8. The van der Waals surface area contributed by atoms with Gasteiger partial charge in [-0.25, -0.2) is 9.18 Å². The molecule has 0 spiro atoms. The van der Waals surface area contributed by atoms with Gasteiger partial charge in [0, 0.05) is 18.1 Å². The molecule has 0 aliphatic heterocycles. The Bertz CT molecular complexity index is 599. The maximum Gasteiger partial charge on any atom is 0.358 e. The molecule has 1 aromatic carbocycles. The van der Waals surface area contributed by atoms with Gasteiger partial charge in [-0.05, 0) is 19.4 Å². The molecule has 100 valence electrons. The van der Waals surface area contributed by atoms with Gasteiger partial charge in [-0.1, -0.05) is 29.4 Å². The maximum atomic E-state index is 13.8. The third-order valence-corrected chi connectivity index (χ3v) is 2.62.